The van der Waals surface area contributed by atoms with E-state index >= 15 is 0 Å². The van der Waals surface area contributed by atoms with Gasteiger partial charge in [0, 0.05) is 6.54 Å². The molecular formula is C16H26N2. The summed E-state index contributed by atoms with van der Waals surface area (Å²) in [4.78, 5) is 0. The molecule has 0 heterocycles. The smallest absolute Gasteiger partial charge is 0.00200 e. The Labute approximate surface area is 111 Å². The summed E-state index contributed by atoms with van der Waals surface area (Å²) in [6, 6.07) is 4.63. The molecule has 2 heteroatoms. The Morgan fingerprint density at radius 1 is 1.11 bits per heavy atom. The zero-order valence-electron chi connectivity index (χ0n) is 12.0. The van der Waals surface area contributed by atoms with Gasteiger partial charge in [-0.3, -0.25) is 0 Å². The summed E-state index contributed by atoms with van der Waals surface area (Å²) < 4.78 is 0. The molecule has 0 aliphatic heterocycles. The lowest BCUT2D eigenvalue weighted by molar-refractivity contribution is 0.470. The number of hydrogen-bond acceptors (Lipinski definition) is 2. The molecule has 18 heavy (non-hydrogen) atoms. The van der Waals surface area contributed by atoms with Crippen molar-refractivity contribution in [3.63, 3.8) is 0 Å². The van der Waals surface area contributed by atoms with E-state index in [0.717, 1.165) is 26.1 Å². The van der Waals surface area contributed by atoms with Gasteiger partial charge in [0.1, 0.15) is 0 Å². The Morgan fingerprint density at radius 2 is 1.78 bits per heavy atom. The van der Waals surface area contributed by atoms with Crippen LogP contribution in [-0.4, -0.2) is 19.6 Å². The largest absolute Gasteiger partial charge is 0.330 e. The van der Waals surface area contributed by atoms with Crippen LogP contribution in [0.25, 0.3) is 0 Å². The van der Waals surface area contributed by atoms with Crippen LogP contribution in [0.1, 0.15) is 35.1 Å². The molecule has 100 valence electrons. The fraction of sp³-hybridized carbons (Fsp3) is 0.625. The van der Waals surface area contributed by atoms with Crippen LogP contribution in [0.15, 0.2) is 12.1 Å². The molecule has 0 radical (unpaired) electrons. The molecule has 1 aliphatic carbocycles. The molecule has 3 N–H and O–H groups in total. The first kappa shape index (κ1) is 13.6. The molecular weight excluding hydrogens is 220 g/mol. The average Bonchev–Trinajstić information content (AvgIpc) is 3.11. The third-order valence-electron chi connectivity index (χ3n) is 4.41. The maximum Gasteiger partial charge on any atom is 0.00200 e. The normalized spacial score (nSPS) is 16.9. The predicted octanol–water partition coefficient (Wildman–Crippen LogP) is 2.48. The molecule has 0 unspecified atom stereocenters. The molecule has 2 rings (SSSR count). The van der Waals surface area contributed by atoms with Gasteiger partial charge in [-0.2, -0.15) is 0 Å². The van der Waals surface area contributed by atoms with E-state index in [-0.39, 0.29) is 0 Å². The second-order valence-corrected chi connectivity index (χ2v) is 5.99. The number of rotatable bonds is 6. The lowest BCUT2D eigenvalue weighted by Crippen LogP contribution is -2.31. The van der Waals surface area contributed by atoms with Gasteiger partial charge in [-0.1, -0.05) is 12.1 Å². The quantitative estimate of drug-likeness (QED) is 0.757. The van der Waals surface area contributed by atoms with Gasteiger partial charge in [0.05, 0.1) is 0 Å². The van der Waals surface area contributed by atoms with E-state index in [0.29, 0.717) is 5.41 Å². The third kappa shape index (κ3) is 3.12. The van der Waals surface area contributed by atoms with Crippen LogP contribution in [0.5, 0.6) is 0 Å². The van der Waals surface area contributed by atoms with Crippen molar-refractivity contribution in [1.29, 1.82) is 0 Å². The first-order chi connectivity index (χ1) is 8.56. The van der Waals surface area contributed by atoms with Crippen molar-refractivity contribution >= 4 is 0 Å². The highest BCUT2D eigenvalue weighted by Crippen LogP contribution is 2.43. The Kier molecular flexibility index (Phi) is 4.08. The average molecular weight is 246 g/mol. The summed E-state index contributed by atoms with van der Waals surface area (Å²) in [6.07, 6.45) is 3.73. The van der Waals surface area contributed by atoms with Gasteiger partial charge in [-0.25, -0.2) is 0 Å². The summed E-state index contributed by atoms with van der Waals surface area (Å²) in [5, 5.41) is 3.57. The van der Waals surface area contributed by atoms with E-state index in [4.69, 9.17) is 5.73 Å². The molecule has 1 fully saturated rings. The maximum absolute atomic E-state index is 5.78. The highest BCUT2D eigenvalue weighted by Gasteiger charge is 2.40. The summed E-state index contributed by atoms with van der Waals surface area (Å²) in [5.41, 5.74) is 11.9. The molecule has 1 saturated carbocycles. The van der Waals surface area contributed by atoms with Gasteiger partial charge in [-0.05, 0) is 80.8 Å². The standard InChI is InChI=1S/C16H26N2/c1-12-8-14(3)15(9-13(12)2)4-7-18-11-16(10-17)5-6-16/h8-9,18H,4-7,10-11,17H2,1-3H3. The third-order valence-corrected chi connectivity index (χ3v) is 4.41. The highest BCUT2D eigenvalue weighted by molar-refractivity contribution is 5.36. The zero-order chi connectivity index (χ0) is 13.2. The highest BCUT2D eigenvalue weighted by atomic mass is 14.9. The van der Waals surface area contributed by atoms with Crippen LogP contribution in [0.3, 0.4) is 0 Å². The summed E-state index contributed by atoms with van der Waals surface area (Å²) in [6.45, 7) is 9.58. The number of aryl methyl sites for hydroxylation is 3. The Morgan fingerprint density at radius 3 is 2.39 bits per heavy atom. The lowest BCUT2D eigenvalue weighted by atomic mass is 9.99. The van der Waals surface area contributed by atoms with Crippen molar-refractivity contribution in [3.8, 4) is 0 Å². The minimum absolute atomic E-state index is 0.443. The van der Waals surface area contributed by atoms with E-state index in [1.807, 2.05) is 0 Å². The van der Waals surface area contributed by atoms with Crippen molar-refractivity contribution in [2.24, 2.45) is 11.1 Å². The van der Waals surface area contributed by atoms with Crippen molar-refractivity contribution in [1.82, 2.24) is 5.32 Å². The van der Waals surface area contributed by atoms with Crippen LogP contribution in [0.4, 0.5) is 0 Å². The molecule has 0 spiro atoms. The van der Waals surface area contributed by atoms with Crippen molar-refractivity contribution in [3.05, 3.63) is 34.4 Å². The SMILES string of the molecule is Cc1cc(C)c(CCNCC2(CN)CC2)cc1C. The second-order valence-electron chi connectivity index (χ2n) is 5.99. The second kappa shape index (κ2) is 5.41. The maximum atomic E-state index is 5.78. The van der Waals surface area contributed by atoms with Crippen LogP contribution < -0.4 is 11.1 Å². The molecule has 0 atom stereocenters. The van der Waals surface area contributed by atoms with E-state index in [1.165, 1.54) is 35.1 Å². The molecule has 0 saturated heterocycles. The van der Waals surface area contributed by atoms with Crippen molar-refractivity contribution < 1.29 is 0 Å². The monoisotopic (exact) mass is 246 g/mol. The summed E-state index contributed by atoms with van der Waals surface area (Å²) in [5.74, 6) is 0. The van der Waals surface area contributed by atoms with E-state index in [9.17, 15) is 0 Å². The van der Waals surface area contributed by atoms with Gasteiger partial charge in [0.15, 0.2) is 0 Å². The van der Waals surface area contributed by atoms with Crippen molar-refractivity contribution in [2.45, 2.75) is 40.0 Å². The molecule has 0 aromatic heterocycles. The Balaban J connectivity index is 1.81. The molecule has 0 bridgehead atoms. The fourth-order valence-electron chi connectivity index (χ4n) is 2.50. The number of nitrogens with two attached hydrogens (primary N) is 1. The van der Waals surface area contributed by atoms with E-state index in [2.05, 4.69) is 38.2 Å². The Bertz CT molecular complexity index is 419. The molecule has 1 aliphatic rings. The zero-order valence-corrected chi connectivity index (χ0v) is 12.0. The number of hydrogen-bond donors (Lipinski definition) is 2. The predicted molar refractivity (Wildman–Crippen MR) is 77.9 cm³/mol. The minimum Gasteiger partial charge on any atom is -0.330 e. The number of benzene rings is 1. The summed E-state index contributed by atoms with van der Waals surface area (Å²) >= 11 is 0. The van der Waals surface area contributed by atoms with Gasteiger partial charge >= 0.3 is 0 Å². The van der Waals surface area contributed by atoms with Gasteiger partial charge in [0.25, 0.3) is 0 Å². The minimum atomic E-state index is 0.443. The first-order valence-corrected chi connectivity index (χ1v) is 7.04. The van der Waals surface area contributed by atoms with Gasteiger partial charge in [-0.15, -0.1) is 0 Å². The van der Waals surface area contributed by atoms with Crippen LogP contribution >= 0.6 is 0 Å². The van der Waals surface area contributed by atoms with Crippen LogP contribution in [0, 0.1) is 26.2 Å². The Hall–Kier alpha value is -0.860. The summed E-state index contributed by atoms with van der Waals surface area (Å²) in [7, 11) is 0. The molecule has 2 nitrogen and oxygen atoms in total. The number of nitrogens with one attached hydrogen (secondary N) is 1. The lowest BCUT2D eigenvalue weighted by Gasteiger charge is -2.14. The fourth-order valence-corrected chi connectivity index (χ4v) is 2.50. The van der Waals surface area contributed by atoms with E-state index in [1.54, 1.807) is 0 Å². The molecule has 0 amide bonds. The van der Waals surface area contributed by atoms with Crippen LogP contribution in [-0.2, 0) is 6.42 Å². The topological polar surface area (TPSA) is 38.0 Å². The van der Waals surface area contributed by atoms with Crippen molar-refractivity contribution in [2.75, 3.05) is 19.6 Å². The van der Waals surface area contributed by atoms with Gasteiger partial charge < -0.3 is 11.1 Å². The first-order valence-electron chi connectivity index (χ1n) is 7.04. The molecule has 1 aromatic rings. The molecule has 1 aromatic carbocycles. The van der Waals surface area contributed by atoms with E-state index < -0.39 is 0 Å². The van der Waals surface area contributed by atoms with Crippen LogP contribution in [0.2, 0.25) is 0 Å². The van der Waals surface area contributed by atoms with Gasteiger partial charge in [0.2, 0.25) is 0 Å².